The summed E-state index contributed by atoms with van der Waals surface area (Å²) in [5.74, 6) is 2.76. The maximum absolute atomic E-state index is 6.97. The Bertz CT molecular complexity index is 2070. The number of para-hydroxylation sites is 2. The average Bonchev–Trinajstić information content (AvgIpc) is 3.40. The SMILES string of the molecule is Clc1cc(N(c2ccc(-c3ccccc3)cc2)c2ccc3c(c2)Oc2ccccc2O3)cc2c1sc1ccccc12. The van der Waals surface area contributed by atoms with Crippen molar-refractivity contribution in [2.75, 3.05) is 4.90 Å². The van der Waals surface area contributed by atoms with E-state index in [-0.39, 0.29) is 0 Å². The maximum Gasteiger partial charge on any atom is 0.172 e. The van der Waals surface area contributed by atoms with Gasteiger partial charge in [0, 0.05) is 32.9 Å². The lowest BCUT2D eigenvalue weighted by Gasteiger charge is -2.28. The van der Waals surface area contributed by atoms with E-state index in [9.17, 15) is 0 Å². The zero-order chi connectivity index (χ0) is 27.3. The second-order valence-electron chi connectivity index (χ2n) is 9.93. The standard InChI is InChI=1S/C36H22ClNO2S/c37-30-21-27(20-29-28-10-4-7-13-35(28)41-36(29)30)38(25-16-14-24(15-17-25)23-8-2-1-3-9-23)26-18-19-33-34(22-26)40-32-12-6-5-11-31(32)39-33/h1-22H. The zero-order valence-corrected chi connectivity index (χ0v) is 23.3. The minimum absolute atomic E-state index is 0.667. The van der Waals surface area contributed by atoms with Gasteiger partial charge in [-0.25, -0.2) is 0 Å². The molecule has 7 aromatic rings. The fourth-order valence-corrected chi connectivity index (χ4v) is 6.86. The highest BCUT2D eigenvalue weighted by Gasteiger charge is 2.22. The zero-order valence-electron chi connectivity index (χ0n) is 21.8. The Morgan fingerprint density at radius 3 is 1.93 bits per heavy atom. The first-order valence-electron chi connectivity index (χ1n) is 13.4. The summed E-state index contributed by atoms with van der Waals surface area (Å²) in [4.78, 5) is 2.22. The van der Waals surface area contributed by atoms with Crippen molar-refractivity contribution in [3.63, 3.8) is 0 Å². The number of hydrogen-bond donors (Lipinski definition) is 0. The van der Waals surface area contributed by atoms with E-state index >= 15 is 0 Å². The number of nitrogens with zero attached hydrogens (tertiary/aromatic N) is 1. The molecule has 8 rings (SSSR count). The summed E-state index contributed by atoms with van der Waals surface area (Å²) in [5.41, 5.74) is 5.25. The Kier molecular flexibility index (Phi) is 5.69. The molecule has 6 aromatic carbocycles. The number of benzene rings is 6. The number of ether oxygens (including phenoxy) is 2. The van der Waals surface area contributed by atoms with Crippen LogP contribution in [0.5, 0.6) is 23.0 Å². The average molecular weight is 568 g/mol. The van der Waals surface area contributed by atoms with Crippen LogP contribution in [0.3, 0.4) is 0 Å². The first-order valence-corrected chi connectivity index (χ1v) is 14.6. The van der Waals surface area contributed by atoms with Gasteiger partial charge in [-0.15, -0.1) is 11.3 Å². The van der Waals surface area contributed by atoms with Crippen LogP contribution in [0.2, 0.25) is 5.02 Å². The van der Waals surface area contributed by atoms with E-state index < -0.39 is 0 Å². The van der Waals surface area contributed by atoms with Crippen LogP contribution >= 0.6 is 22.9 Å². The van der Waals surface area contributed by atoms with Crippen molar-refractivity contribution in [1.29, 1.82) is 0 Å². The molecule has 0 saturated carbocycles. The largest absolute Gasteiger partial charge is 0.450 e. The van der Waals surface area contributed by atoms with Crippen molar-refractivity contribution in [1.82, 2.24) is 0 Å². The van der Waals surface area contributed by atoms with Gasteiger partial charge in [0.25, 0.3) is 0 Å². The van der Waals surface area contributed by atoms with Gasteiger partial charge < -0.3 is 14.4 Å². The van der Waals surface area contributed by atoms with E-state index in [0.717, 1.165) is 37.7 Å². The number of halogens is 1. The van der Waals surface area contributed by atoms with Gasteiger partial charge in [0.1, 0.15) is 0 Å². The van der Waals surface area contributed by atoms with E-state index in [0.29, 0.717) is 23.0 Å². The minimum atomic E-state index is 0.667. The van der Waals surface area contributed by atoms with Crippen molar-refractivity contribution in [2.24, 2.45) is 0 Å². The van der Waals surface area contributed by atoms with Gasteiger partial charge in [-0.1, -0.05) is 84.4 Å². The number of thiophene rings is 1. The van der Waals surface area contributed by atoms with Crippen LogP contribution in [0, 0.1) is 0 Å². The molecule has 0 fully saturated rings. The van der Waals surface area contributed by atoms with E-state index in [4.69, 9.17) is 21.1 Å². The molecule has 0 N–H and O–H groups in total. The molecule has 0 aliphatic carbocycles. The van der Waals surface area contributed by atoms with Gasteiger partial charge in [0.05, 0.1) is 15.4 Å². The van der Waals surface area contributed by atoms with Crippen LogP contribution < -0.4 is 14.4 Å². The molecule has 2 heterocycles. The van der Waals surface area contributed by atoms with Gasteiger partial charge in [0.15, 0.2) is 23.0 Å². The lowest BCUT2D eigenvalue weighted by atomic mass is 10.0. The van der Waals surface area contributed by atoms with Gasteiger partial charge in [0.2, 0.25) is 0 Å². The maximum atomic E-state index is 6.97. The summed E-state index contributed by atoms with van der Waals surface area (Å²) in [7, 11) is 0. The van der Waals surface area contributed by atoms with Crippen molar-refractivity contribution < 1.29 is 9.47 Å². The predicted octanol–water partition coefficient (Wildman–Crippen LogP) is 11.7. The van der Waals surface area contributed by atoms with Gasteiger partial charge >= 0.3 is 0 Å². The van der Waals surface area contributed by atoms with Gasteiger partial charge in [-0.05, 0) is 65.7 Å². The number of hydrogen-bond acceptors (Lipinski definition) is 4. The Morgan fingerprint density at radius 1 is 0.488 bits per heavy atom. The Balaban J connectivity index is 1.29. The first-order chi connectivity index (χ1) is 20.2. The molecule has 0 radical (unpaired) electrons. The predicted molar refractivity (Wildman–Crippen MR) is 171 cm³/mol. The number of fused-ring (bicyclic) bond motifs is 5. The smallest absolute Gasteiger partial charge is 0.172 e. The number of rotatable bonds is 4. The van der Waals surface area contributed by atoms with Crippen LogP contribution in [0.15, 0.2) is 133 Å². The molecule has 0 saturated heterocycles. The normalized spacial score (nSPS) is 11.9. The molecule has 196 valence electrons. The molecular weight excluding hydrogens is 546 g/mol. The molecule has 5 heteroatoms. The highest BCUT2D eigenvalue weighted by molar-refractivity contribution is 7.26. The third kappa shape index (κ3) is 4.20. The Labute approximate surface area is 246 Å². The van der Waals surface area contributed by atoms with E-state index in [1.165, 1.54) is 15.6 Å². The summed E-state index contributed by atoms with van der Waals surface area (Å²) >= 11 is 8.69. The monoisotopic (exact) mass is 567 g/mol. The van der Waals surface area contributed by atoms with Crippen molar-refractivity contribution in [3.8, 4) is 34.1 Å². The summed E-state index contributed by atoms with van der Waals surface area (Å²) in [6.07, 6.45) is 0. The lowest BCUT2D eigenvalue weighted by molar-refractivity contribution is 0.360. The molecule has 1 aliphatic rings. The molecule has 0 bridgehead atoms. The van der Waals surface area contributed by atoms with Crippen LogP contribution in [-0.4, -0.2) is 0 Å². The van der Waals surface area contributed by atoms with Crippen LogP contribution in [0.4, 0.5) is 17.1 Å². The second-order valence-corrected chi connectivity index (χ2v) is 11.4. The van der Waals surface area contributed by atoms with Crippen LogP contribution in [-0.2, 0) is 0 Å². The van der Waals surface area contributed by atoms with Crippen LogP contribution in [0.25, 0.3) is 31.3 Å². The molecular formula is C36H22ClNO2S. The van der Waals surface area contributed by atoms with E-state index in [1.807, 2.05) is 42.5 Å². The summed E-state index contributed by atoms with van der Waals surface area (Å²) in [6, 6.07) is 45.5. The van der Waals surface area contributed by atoms with Crippen LogP contribution in [0.1, 0.15) is 0 Å². The Morgan fingerprint density at radius 2 is 1.12 bits per heavy atom. The fraction of sp³-hybridized carbons (Fsp3) is 0. The summed E-state index contributed by atoms with van der Waals surface area (Å²) < 4.78 is 14.7. The van der Waals surface area contributed by atoms with Crippen molar-refractivity contribution >= 4 is 60.2 Å². The highest BCUT2D eigenvalue weighted by Crippen LogP contribution is 2.49. The van der Waals surface area contributed by atoms with Gasteiger partial charge in [-0.3, -0.25) is 0 Å². The van der Waals surface area contributed by atoms with Crippen molar-refractivity contribution in [2.45, 2.75) is 0 Å². The first kappa shape index (κ1) is 24.1. The summed E-state index contributed by atoms with van der Waals surface area (Å²) in [5, 5.41) is 3.08. The quantitative estimate of drug-likeness (QED) is 0.211. The van der Waals surface area contributed by atoms with E-state index in [1.54, 1.807) is 11.3 Å². The Hall–Kier alpha value is -4.77. The van der Waals surface area contributed by atoms with Crippen molar-refractivity contribution in [3.05, 3.63) is 138 Å². The third-order valence-corrected chi connectivity index (χ3v) is 9.01. The fourth-order valence-electron chi connectivity index (χ4n) is 5.44. The molecule has 0 spiro atoms. The molecule has 1 aliphatic heterocycles. The second kappa shape index (κ2) is 9.70. The molecule has 0 unspecified atom stereocenters. The number of anilines is 3. The molecule has 0 amide bonds. The molecule has 0 atom stereocenters. The highest BCUT2D eigenvalue weighted by atomic mass is 35.5. The minimum Gasteiger partial charge on any atom is -0.450 e. The summed E-state index contributed by atoms with van der Waals surface area (Å²) in [6.45, 7) is 0. The van der Waals surface area contributed by atoms with Gasteiger partial charge in [-0.2, -0.15) is 0 Å². The van der Waals surface area contributed by atoms with E-state index in [2.05, 4.69) is 95.9 Å². The molecule has 3 nitrogen and oxygen atoms in total. The topological polar surface area (TPSA) is 21.7 Å². The lowest BCUT2D eigenvalue weighted by Crippen LogP contribution is -2.10. The third-order valence-electron chi connectivity index (χ3n) is 7.38. The molecule has 1 aromatic heterocycles. The molecule has 41 heavy (non-hydrogen) atoms.